The van der Waals surface area contributed by atoms with Gasteiger partial charge in [0, 0.05) is 0 Å². The molecule has 1 heterocycles. The maximum Gasteiger partial charge on any atom is 0.326 e. The number of carbonyl (C=O) groups is 4. The van der Waals surface area contributed by atoms with Gasteiger partial charge in [0.2, 0.25) is 11.8 Å². The number of rotatable bonds is 6. The topological polar surface area (TPSA) is 92.8 Å². The molecule has 7 heteroatoms. The van der Waals surface area contributed by atoms with Crippen LogP contribution in [0.1, 0.15) is 44.2 Å². The van der Waals surface area contributed by atoms with Gasteiger partial charge in [-0.25, -0.2) is 0 Å². The van der Waals surface area contributed by atoms with E-state index in [1.165, 1.54) is 0 Å². The van der Waals surface area contributed by atoms with Crippen molar-refractivity contribution >= 4 is 34.5 Å². The third-order valence-corrected chi connectivity index (χ3v) is 6.25. The minimum Gasteiger partial charge on any atom is -0.454 e. The van der Waals surface area contributed by atoms with Crippen LogP contribution in [-0.4, -0.2) is 41.7 Å². The average Bonchev–Trinajstić information content (AvgIpc) is 3.02. The molecular formula is C24H26N2O5. The Morgan fingerprint density at radius 2 is 1.68 bits per heavy atom. The first-order chi connectivity index (χ1) is 15.0. The summed E-state index contributed by atoms with van der Waals surface area (Å²) in [7, 11) is 0. The molecule has 0 unspecified atom stereocenters. The first-order valence-corrected chi connectivity index (χ1v) is 10.7. The van der Waals surface area contributed by atoms with E-state index in [9.17, 15) is 19.2 Å². The van der Waals surface area contributed by atoms with Crippen molar-refractivity contribution < 1.29 is 23.9 Å². The third kappa shape index (κ3) is 4.31. The first kappa shape index (κ1) is 21.0. The number of nitrogens with zero attached hydrogens (tertiary/aromatic N) is 1. The highest BCUT2D eigenvalue weighted by molar-refractivity contribution is 6.07. The normalized spacial score (nSPS) is 21.6. The van der Waals surface area contributed by atoms with E-state index < -0.39 is 25.0 Å². The molecule has 0 radical (unpaired) electrons. The van der Waals surface area contributed by atoms with Crippen LogP contribution < -0.4 is 5.32 Å². The first-order valence-electron chi connectivity index (χ1n) is 10.7. The van der Waals surface area contributed by atoms with Gasteiger partial charge in [0.15, 0.2) is 6.61 Å². The zero-order chi connectivity index (χ0) is 22.0. The molecule has 0 bridgehead atoms. The maximum absolute atomic E-state index is 12.5. The fraction of sp³-hybridized carbons (Fsp3) is 0.417. The number of benzene rings is 2. The van der Waals surface area contributed by atoms with Gasteiger partial charge in [-0.3, -0.25) is 24.1 Å². The Bertz CT molecular complexity index is 1000. The number of ether oxygens (including phenoxy) is 1. The molecule has 1 aliphatic carbocycles. The van der Waals surface area contributed by atoms with E-state index >= 15 is 0 Å². The molecular weight excluding hydrogens is 396 g/mol. The monoisotopic (exact) mass is 422 g/mol. The molecule has 0 aromatic heterocycles. The third-order valence-electron chi connectivity index (χ3n) is 6.25. The molecule has 2 aliphatic rings. The second-order valence-corrected chi connectivity index (χ2v) is 8.28. The van der Waals surface area contributed by atoms with Gasteiger partial charge in [-0.1, -0.05) is 55.3 Å². The summed E-state index contributed by atoms with van der Waals surface area (Å²) in [5, 5.41) is 4.95. The SMILES string of the molecule is C[C@H](NC(=O)COC(=O)CN1C(=O)[C@H]2CCCC[C@@H]2C1=O)c1cccc2ccccc12. The van der Waals surface area contributed by atoms with Crippen molar-refractivity contribution in [1.82, 2.24) is 10.2 Å². The predicted molar refractivity (Wildman–Crippen MR) is 114 cm³/mol. The Morgan fingerprint density at radius 3 is 2.39 bits per heavy atom. The number of amides is 3. The number of hydrogen-bond donors (Lipinski definition) is 1. The Balaban J connectivity index is 1.30. The summed E-state index contributed by atoms with van der Waals surface area (Å²) in [5.41, 5.74) is 0.966. The van der Waals surface area contributed by atoms with Gasteiger partial charge in [-0.2, -0.15) is 0 Å². The van der Waals surface area contributed by atoms with Gasteiger partial charge in [-0.05, 0) is 36.1 Å². The van der Waals surface area contributed by atoms with E-state index in [4.69, 9.17) is 4.74 Å². The van der Waals surface area contributed by atoms with Crippen molar-refractivity contribution in [2.75, 3.05) is 13.2 Å². The van der Waals surface area contributed by atoms with Crippen LogP contribution in [0.2, 0.25) is 0 Å². The van der Waals surface area contributed by atoms with Crippen molar-refractivity contribution in [3.63, 3.8) is 0 Å². The zero-order valence-corrected chi connectivity index (χ0v) is 17.5. The minimum absolute atomic E-state index is 0.276. The highest BCUT2D eigenvalue weighted by Gasteiger charge is 2.48. The van der Waals surface area contributed by atoms with Gasteiger partial charge in [0.05, 0.1) is 17.9 Å². The second-order valence-electron chi connectivity index (χ2n) is 8.28. The molecule has 31 heavy (non-hydrogen) atoms. The number of esters is 1. The van der Waals surface area contributed by atoms with E-state index in [1.54, 1.807) is 0 Å². The highest BCUT2D eigenvalue weighted by atomic mass is 16.5. The molecule has 1 saturated carbocycles. The molecule has 2 fully saturated rings. The van der Waals surface area contributed by atoms with Crippen molar-refractivity contribution in [2.45, 2.75) is 38.6 Å². The maximum atomic E-state index is 12.5. The molecule has 4 rings (SSSR count). The number of nitrogens with one attached hydrogen (secondary N) is 1. The van der Waals surface area contributed by atoms with Crippen LogP contribution in [0.4, 0.5) is 0 Å². The Labute approximate surface area is 180 Å². The van der Waals surface area contributed by atoms with Crippen LogP contribution in [-0.2, 0) is 23.9 Å². The van der Waals surface area contributed by atoms with Crippen LogP contribution in [0.5, 0.6) is 0 Å². The Hall–Kier alpha value is -3.22. The fourth-order valence-electron chi connectivity index (χ4n) is 4.70. The lowest BCUT2D eigenvalue weighted by molar-refractivity contribution is -0.155. The summed E-state index contributed by atoms with van der Waals surface area (Å²) in [5.74, 6) is -2.39. The summed E-state index contributed by atoms with van der Waals surface area (Å²) >= 11 is 0. The lowest BCUT2D eigenvalue weighted by Gasteiger charge is -2.19. The second kappa shape index (κ2) is 8.88. The van der Waals surface area contributed by atoms with E-state index in [-0.39, 0.29) is 29.7 Å². The quantitative estimate of drug-likeness (QED) is 0.571. The summed E-state index contributed by atoms with van der Waals surface area (Å²) in [6.07, 6.45) is 3.23. The summed E-state index contributed by atoms with van der Waals surface area (Å²) < 4.78 is 5.04. The minimum atomic E-state index is -0.756. The van der Waals surface area contributed by atoms with E-state index in [1.807, 2.05) is 49.4 Å². The van der Waals surface area contributed by atoms with Crippen LogP contribution >= 0.6 is 0 Å². The highest BCUT2D eigenvalue weighted by Crippen LogP contribution is 2.37. The van der Waals surface area contributed by atoms with Gasteiger partial charge < -0.3 is 10.1 Å². The van der Waals surface area contributed by atoms with Crippen molar-refractivity contribution in [2.24, 2.45) is 11.8 Å². The molecule has 3 amide bonds. The number of likely N-dealkylation sites (tertiary alicyclic amines) is 1. The number of fused-ring (bicyclic) bond motifs is 2. The molecule has 0 spiro atoms. The van der Waals surface area contributed by atoms with Gasteiger partial charge in [0.25, 0.3) is 5.91 Å². The van der Waals surface area contributed by atoms with E-state index in [0.29, 0.717) is 12.8 Å². The molecule has 3 atom stereocenters. The van der Waals surface area contributed by atoms with Gasteiger partial charge in [-0.15, -0.1) is 0 Å². The van der Waals surface area contributed by atoms with Crippen LogP contribution in [0.25, 0.3) is 10.8 Å². The van der Waals surface area contributed by atoms with Crippen molar-refractivity contribution in [3.05, 3.63) is 48.0 Å². The molecule has 2 aromatic carbocycles. The van der Waals surface area contributed by atoms with Crippen molar-refractivity contribution in [3.8, 4) is 0 Å². The molecule has 1 saturated heterocycles. The van der Waals surface area contributed by atoms with Crippen LogP contribution in [0.15, 0.2) is 42.5 Å². The molecule has 162 valence electrons. The largest absolute Gasteiger partial charge is 0.454 e. The van der Waals surface area contributed by atoms with E-state index in [0.717, 1.165) is 34.1 Å². The van der Waals surface area contributed by atoms with Crippen LogP contribution in [0, 0.1) is 11.8 Å². The molecule has 7 nitrogen and oxygen atoms in total. The Morgan fingerprint density at radius 1 is 1.03 bits per heavy atom. The Kier molecular flexibility index (Phi) is 6.02. The summed E-state index contributed by atoms with van der Waals surface area (Å²) in [6, 6.07) is 13.5. The zero-order valence-electron chi connectivity index (χ0n) is 17.5. The molecule has 2 aromatic rings. The predicted octanol–water partition coefficient (Wildman–Crippen LogP) is 2.74. The van der Waals surface area contributed by atoms with Gasteiger partial charge >= 0.3 is 5.97 Å². The molecule has 1 N–H and O–H groups in total. The standard InChI is InChI=1S/C24H26N2O5/c1-15(17-12-6-8-16-7-2-3-9-18(16)17)25-21(27)14-31-22(28)13-26-23(29)19-10-4-5-11-20(19)24(26)30/h2-3,6-9,12,15,19-20H,4-5,10-11,13-14H2,1H3,(H,25,27)/t15-,19-,20-/m0/s1. The summed E-state index contributed by atoms with van der Waals surface area (Å²) in [4.78, 5) is 50.4. The van der Waals surface area contributed by atoms with E-state index in [2.05, 4.69) is 5.32 Å². The lowest BCUT2D eigenvalue weighted by Crippen LogP contribution is -2.38. The summed E-state index contributed by atoms with van der Waals surface area (Å²) in [6.45, 7) is 0.971. The fourth-order valence-corrected chi connectivity index (χ4v) is 4.70. The smallest absolute Gasteiger partial charge is 0.326 e. The number of hydrogen-bond acceptors (Lipinski definition) is 5. The number of imide groups is 1. The van der Waals surface area contributed by atoms with Crippen molar-refractivity contribution in [1.29, 1.82) is 0 Å². The number of carbonyl (C=O) groups excluding carboxylic acids is 4. The van der Waals surface area contributed by atoms with Crippen LogP contribution in [0.3, 0.4) is 0 Å². The van der Waals surface area contributed by atoms with Gasteiger partial charge in [0.1, 0.15) is 6.54 Å². The molecule has 1 aliphatic heterocycles. The lowest BCUT2D eigenvalue weighted by atomic mass is 9.81. The average molecular weight is 422 g/mol.